The summed E-state index contributed by atoms with van der Waals surface area (Å²) in [4.78, 5) is 0. The summed E-state index contributed by atoms with van der Waals surface area (Å²) in [5, 5.41) is 15.4. The number of hydrogen-bond donors (Lipinski definition) is 1. The van der Waals surface area contributed by atoms with Crippen LogP contribution >= 0.6 is 0 Å². The third kappa shape index (κ3) is 3.63. The third-order valence-electron chi connectivity index (χ3n) is 3.60. The Bertz CT molecular complexity index is 508. The number of hydrogen-bond acceptors (Lipinski definition) is 4. The molecule has 1 aromatic heterocycles. The van der Waals surface area contributed by atoms with E-state index in [0.717, 1.165) is 25.3 Å². The minimum absolute atomic E-state index is 0.182. The molecule has 0 saturated heterocycles. The number of nitrogens with zero attached hydrogens (tertiary/aromatic N) is 4. The molecule has 0 fully saturated rings. The number of rotatable bonds is 7. The van der Waals surface area contributed by atoms with Gasteiger partial charge in [-0.15, -0.1) is 5.10 Å². The first-order valence-corrected chi connectivity index (χ1v) is 7.26. The highest BCUT2D eigenvalue weighted by molar-refractivity contribution is 5.18. The topological polar surface area (TPSA) is 55.6 Å². The van der Waals surface area contributed by atoms with Crippen LogP contribution in [0.2, 0.25) is 0 Å². The largest absolute Gasteiger partial charge is 0.308 e. The van der Waals surface area contributed by atoms with Gasteiger partial charge in [0, 0.05) is 6.54 Å². The van der Waals surface area contributed by atoms with E-state index in [1.165, 1.54) is 5.56 Å². The van der Waals surface area contributed by atoms with Crippen molar-refractivity contribution >= 4 is 0 Å². The van der Waals surface area contributed by atoms with Crippen LogP contribution in [0.5, 0.6) is 0 Å². The molecule has 108 valence electrons. The van der Waals surface area contributed by atoms with Crippen molar-refractivity contribution in [3.05, 3.63) is 41.7 Å². The number of aromatic nitrogens is 4. The highest BCUT2D eigenvalue weighted by atomic mass is 15.5. The van der Waals surface area contributed by atoms with Gasteiger partial charge in [-0.3, -0.25) is 0 Å². The molecule has 0 saturated carbocycles. The van der Waals surface area contributed by atoms with Crippen LogP contribution in [0.1, 0.15) is 50.5 Å². The Hall–Kier alpha value is -1.75. The Kier molecular flexibility index (Phi) is 5.24. The summed E-state index contributed by atoms with van der Waals surface area (Å²) in [7, 11) is 0. The van der Waals surface area contributed by atoms with Crippen molar-refractivity contribution in [2.45, 2.75) is 45.7 Å². The summed E-state index contributed by atoms with van der Waals surface area (Å²) in [5.41, 5.74) is 1.36. The van der Waals surface area contributed by atoms with Crippen LogP contribution in [0, 0.1) is 0 Å². The maximum atomic E-state index is 4.12. The second-order valence-electron chi connectivity index (χ2n) is 5.14. The molecule has 5 heteroatoms. The molecule has 2 unspecified atom stereocenters. The van der Waals surface area contributed by atoms with Gasteiger partial charge in [0.1, 0.15) is 0 Å². The van der Waals surface area contributed by atoms with Crippen LogP contribution in [0.25, 0.3) is 0 Å². The fourth-order valence-corrected chi connectivity index (χ4v) is 2.34. The van der Waals surface area contributed by atoms with Crippen LogP contribution < -0.4 is 5.32 Å². The first-order valence-electron chi connectivity index (χ1n) is 7.26. The van der Waals surface area contributed by atoms with Gasteiger partial charge in [-0.05, 0) is 41.8 Å². The van der Waals surface area contributed by atoms with Crippen LogP contribution in [0.3, 0.4) is 0 Å². The van der Waals surface area contributed by atoms with Gasteiger partial charge in [0.15, 0.2) is 5.82 Å². The zero-order valence-electron chi connectivity index (χ0n) is 12.5. The van der Waals surface area contributed by atoms with Crippen molar-refractivity contribution < 1.29 is 0 Å². The quantitative estimate of drug-likeness (QED) is 0.842. The fraction of sp³-hybridized carbons (Fsp3) is 0.533. The first kappa shape index (κ1) is 14.7. The summed E-state index contributed by atoms with van der Waals surface area (Å²) < 4.78 is 1.91. The average molecular weight is 273 g/mol. The van der Waals surface area contributed by atoms with Gasteiger partial charge < -0.3 is 5.32 Å². The molecule has 0 bridgehead atoms. The summed E-state index contributed by atoms with van der Waals surface area (Å²) in [6.45, 7) is 8.17. The Balaban J connectivity index is 1.96. The molecule has 1 aromatic carbocycles. The van der Waals surface area contributed by atoms with Crippen molar-refractivity contribution in [2.75, 3.05) is 6.54 Å². The predicted octanol–water partition coefficient (Wildman–Crippen LogP) is 2.54. The van der Waals surface area contributed by atoms with E-state index in [0.29, 0.717) is 5.92 Å². The molecule has 1 heterocycles. The van der Waals surface area contributed by atoms with Crippen molar-refractivity contribution in [1.29, 1.82) is 0 Å². The van der Waals surface area contributed by atoms with Crippen LogP contribution in [-0.4, -0.2) is 26.8 Å². The van der Waals surface area contributed by atoms with Gasteiger partial charge in [0.05, 0.1) is 6.04 Å². The smallest absolute Gasteiger partial charge is 0.167 e. The van der Waals surface area contributed by atoms with Crippen molar-refractivity contribution in [1.82, 2.24) is 25.5 Å². The molecule has 0 spiro atoms. The van der Waals surface area contributed by atoms with Crippen LogP contribution in [0.15, 0.2) is 30.3 Å². The molecular formula is C15H23N5. The average Bonchev–Trinajstić information content (AvgIpc) is 2.94. The Morgan fingerprint density at radius 3 is 2.65 bits per heavy atom. The van der Waals surface area contributed by atoms with Gasteiger partial charge in [0.2, 0.25) is 0 Å². The van der Waals surface area contributed by atoms with E-state index < -0.39 is 0 Å². The lowest BCUT2D eigenvalue weighted by molar-refractivity contribution is 0.466. The van der Waals surface area contributed by atoms with E-state index in [4.69, 9.17) is 0 Å². The van der Waals surface area contributed by atoms with Crippen LogP contribution in [-0.2, 0) is 6.54 Å². The van der Waals surface area contributed by atoms with Crippen molar-refractivity contribution in [2.24, 2.45) is 0 Å². The summed E-state index contributed by atoms with van der Waals surface area (Å²) in [6, 6.07) is 10.7. The van der Waals surface area contributed by atoms with Gasteiger partial charge in [-0.1, -0.05) is 44.2 Å². The molecule has 0 aliphatic rings. The number of aryl methyl sites for hydroxylation is 1. The van der Waals surface area contributed by atoms with Crippen molar-refractivity contribution in [3.63, 3.8) is 0 Å². The predicted molar refractivity (Wildman–Crippen MR) is 79.4 cm³/mol. The second-order valence-corrected chi connectivity index (χ2v) is 5.14. The van der Waals surface area contributed by atoms with Gasteiger partial charge in [-0.2, -0.15) is 0 Å². The third-order valence-corrected chi connectivity index (χ3v) is 3.60. The van der Waals surface area contributed by atoms with Gasteiger partial charge >= 0.3 is 0 Å². The van der Waals surface area contributed by atoms with Gasteiger partial charge in [0.25, 0.3) is 0 Å². The molecule has 0 aliphatic heterocycles. The summed E-state index contributed by atoms with van der Waals surface area (Å²) in [6.07, 6.45) is 1.03. The number of tetrazole rings is 1. The molecule has 0 aliphatic carbocycles. The maximum Gasteiger partial charge on any atom is 0.167 e. The maximum absolute atomic E-state index is 4.12. The van der Waals surface area contributed by atoms with E-state index in [2.05, 4.69) is 65.9 Å². The Morgan fingerprint density at radius 1 is 1.20 bits per heavy atom. The van der Waals surface area contributed by atoms with E-state index in [9.17, 15) is 0 Å². The molecule has 2 atom stereocenters. The van der Waals surface area contributed by atoms with E-state index in [-0.39, 0.29) is 6.04 Å². The van der Waals surface area contributed by atoms with E-state index in [1.807, 2.05) is 10.7 Å². The molecule has 5 nitrogen and oxygen atoms in total. The molecule has 2 aromatic rings. The lowest BCUT2D eigenvalue weighted by Gasteiger charge is -2.14. The Morgan fingerprint density at radius 2 is 1.95 bits per heavy atom. The normalized spacial score (nSPS) is 14.2. The van der Waals surface area contributed by atoms with E-state index >= 15 is 0 Å². The number of nitrogens with one attached hydrogen (secondary N) is 1. The molecule has 0 radical (unpaired) electrons. The lowest BCUT2D eigenvalue weighted by Crippen LogP contribution is -2.22. The standard InChI is InChI=1S/C15H23N5/c1-4-16-13(3)15-17-18-19-20(15)11-10-12(2)14-8-6-5-7-9-14/h5-9,12-13,16H,4,10-11H2,1-3H3. The Labute approximate surface area is 120 Å². The summed E-state index contributed by atoms with van der Waals surface area (Å²) in [5.74, 6) is 1.41. The first-order chi connectivity index (χ1) is 9.72. The molecule has 20 heavy (non-hydrogen) atoms. The molecular weight excluding hydrogens is 250 g/mol. The zero-order chi connectivity index (χ0) is 14.4. The van der Waals surface area contributed by atoms with Crippen molar-refractivity contribution in [3.8, 4) is 0 Å². The van der Waals surface area contributed by atoms with Crippen LogP contribution in [0.4, 0.5) is 0 Å². The summed E-state index contributed by atoms with van der Waals surface area (Å²) >= 11 is 0. The SMILES string of the molecule is CCNC(C)c1nnnn1CCC(C)c1ccccc1. The molecule has 2 rings (SSSR count). The lowest BCUT2D eigenvalue weighted by atomic mass is 9.98. The highest BCUT2D eigenvalue weighted by Gasteiger charge is 2.14. The minimum atomic E-state index is 0.182. The second kappa shape index (κ2) is 7.14. The minimum Gasteiger partial charge on any atom is -0.308 e. The monoisotopic (exact) mass is 273 g/mol. The van der Waals surface area contributed by atoms with Gasteiger partial charge in [-0.25, -0.2) is 4.68 Å². The fourth-order valence-electron chi connectivity index (χ4n) is 2.34. The molecule has 1 N–H and O–H groups in total. The molecule has 0 amide bonds. The zero-order valence-corrected chi connectivity index (χ0v) is 12.5. The highest BCUT2D eigenvalue weighted by Crippen LogP contribution is 2.19. The number of benzene rings is 1. The van der Waals surface area contributed by atoms with E-state index in [1.54, 1.807) is 0 Å².